The fraction of sp³-hybridized carbons (Fsp3) is 0.125. The first-order valence-electron chi connectivity index (χ1n) is 6.56. The molecule has 0 radical (unpaired) electrons. The molecule has 23 heavy (non-hydrogen) atoms. The number of carbonyl (C=O) groups is 2. The molecule has 0 saturated carbocycles. The van der Waals surface area contributed by atoms with Crippen molar-refractivity contribution < 1.29 is 23.5 Å². The van der Waals surface area contributed by atoms with Gasteiger partial charge < -0.3 is 14.8 Å². The Morgan fingerprint density at radius 3 is 2.65 bits per heavy atom. The molecular formula is C16H13ClFNO4. The fourth-order valence-electron chi connectivity index (χ4n) is 1.80. The summed E-state index contributed by atoms with van der Waals surface area (Å²) in [6, 6.07) is 10.0. The Bertz CT molecular complexity index is 736. The van der Waals surface area contributed by atoms with Gasteiger partial charge in [-0.25, -0.2) is 9.18 Å². The zero-order chi connectivity index (χ0) is 16.8. The molecule has 2 aromatic carbocycles. The molecule has 0 aliphatic heterocycles. The van der Waals surface area contributed by atoms with E-state index in [0.717, 1.165) is 6.07 Å². The second-order valence-corrected chi connectivity index (χ2v) is 4.89. The van der Waals surface area contributed by atoms with Crippen LogP contribution < -0.4 is 10.1 Å². The Hall–Kier alpha value is -2.60. The fourth-order valence-corrected chi connectivity index (χ4v) is 1.97. The van der Waals surface area contributed by atoms with Crippen molar-refractivity contribution in [2.75, 3.05) is 19.0 Å². The molecule has 2 rings (SSSR count). The van der Waals surface area contributed by atoms with Crippen LogP contribution in [0.25, 0.3) is 0 Å². The lowest BCUT2D eigenvalue weighted by Gasteiger charge is -2.11. The molecule has 5 nitrogen and oxygen atoms in total. The standard InChI is InChI=1S/C16H13ClFNO4/c1-22-14-7-6-10(17)8-13(14)19-15(20)9-23-16(21)11-4-2-3-5-12(11)18/h2-8H,9H2,1H3,(H,19,20). The lowest BCUT2D eigenvalue weighted by Crippen LogP contribution is -2.21. The lowest BCUT2D eigenvalue weighted by atomic mass is 10.2. The highest BCUT2D eigenvalue weighted by Gasteiger charge is 2.15. The average Bonchev–Trinajstić information content (AvgIpc) is 2.53. The van der Waals surface area contributed by atoms with Crippen LogP contribution in [0.15, 0.2) is 42.5 Å². The first-order valence-corrected chi connectivity index (χ1v) is 6.94. The Labute approximate surface area is 137 Å². The van der Waals surface area contributed by atoms with E-state index in [9.17, 15) is 14.0 Å². The molecule has 0 fully saturated rings. The molecule has 0 saturated heterocycles. The molecule has 0 bridgehead atoms. The summed E-state index contributed by atoms with van der Waals surface area (Å²) in [6.07, 6.45) is 0. The van der Waals surface area contributed by atoms with Crippen molar-refractivity contribution in [2.45, 2.75) is 0 Å². The monoisotopic (exact) mass is 337 g/mol. The number of benzene rings is 2. The van der Waals surface area contributed by atoms with Crippen molar-refractivity contribution in [3.63, 3.8) is 0 Å². The van der Waals surface area contributed by atoms with Gasteiger partial charge in [0.15, 0.2) is 6.61 Å². The average molecular weight is 338 g/mol. The molecular weight excluding hydrogens is 325 g/mol. The molecule has 1 N–H and O–H groups in total. The van der Waals surface area contributed by atoms with Crippen LogP contribution in [-0.4, -0.2) is 25.6 Å². The van der Waals surface area contributed by atoms with Crippen molar-refractivity contribution in [1.29, 1.82) is 0 Å². The van der Waals surface area contributed by atoms with Gasteiger partial charge in [-0.15, -0.1) is 0 Å². The van der Waals surface area contributed by atoms with Gasteiger partial charge in [-0.1, -0.05) is 23.7 Å². The van der Waals surface area contributed by atoms with Crippen LogP contribution in [0.1, 0.15) is 10.4 Å². The summed E-state index contributed by atoms with van der Waals surface area (Å²) >= 11 is 5.85. The van der Waals surface area contributed by atoms with E-state index in [-0.39, 0.29) is 5.56 Å². The molecule has 0 aliphatic carbocycles. The zero-order valence-electron chi connectivity index (χ0n) is 12.1. The van der Waals surface area contributed by atoms with Crippen LogP contribution in [0, 0.1) is 5.82 Å². The maximum atomic E-state index is 13.4. The third-order valence-electron chi connectivity index (χ3n) is 2.86. The lowest BCUT2D eigenvalue weighted by molar-refractivity contribution is -0.119. The first kappa shape index (κ1) is 16.8. The third-order valence-corrected chi connectivity index (χ3v) is 3.10. The molecule has 0 aliphatic rings. The Balaban J connectivity index is 1.97. The normalized spacial score (nSPS) is 10.0. The van der Waals surface area contributed by atoms with Gasteiger partial charge in [-0.05, 0) is 30.3 Å². The van der Waals surface area contributed by atoms with Gasteiger partial charge in [0.2, 0.25) is 0 Å². The van der Waals surface area contributed by atoms with E-state index < -0.39 is 24.3 Å². The summed E-state index contributed by atoms with van der Waals surface area (Å²) < 4.78 is 23.3. The van der Waals surface area contributed by atoms with E-state index >= 15 is 0 Å². The van der Waals surface area contributed by atoms with E-state index in [4.69, 9.17) is 21.1 Å². The maximum absolute atomic E-state index is 13.4. The molecule has 120 valence electrons. The number of hydrogen-bond acceptors (Lipinski definition) is 4. The van der Waals surface area contributed by atoms with Crippen LogP contribution in [-0.2, 0) is 9.53 Å². The highest BCUT2D eigenvalue weighted by Crippen LogP contribution is 2.27. The van der Waals surface area contributed by atoms with Crippen LogP contribution in [0.2, 0.25) is 5.02 Å². The molecule has 0 spiro atoms. The SMILES string of the molecule is COc1ccc(Cl)cc1NC(=O)COC(=O)c1ccccc1F. The Kier molecular flexibility index (Phi) is 5.54. The van der Waals surface area contributed by atoms with E-state index in [2.05, 4.69) is 5.32 Å². The van der Waals surface area contributed by atoms with Crippen LogP contribution in [0.3, 0.4) is 0 Å². The number of esters is 1. The molecule has 0 atom stereocenters. The number of halogens is 2. The van der Waals surface area contributed by atoms with Crippen molar-refractivity contribution in [1.82, 2.24) is 0 Å². The second-order valence-electron chi connectivity index (χ2n) is 4.45. The minimum atomic E-state index is -0.920. The van der Waals surface area contributed by atoms with E-state index in [1.807, 2.05) is 0 Å². The molecule has 7 heteroatoms. The summed E-state index contributed by atoms with van der Waals surface area (Å²) in [6.45, 7) is -0.567. The van der Waals surface area contributed by atoms with Crippen molar-refractivity contribution in [3.8, 4) is 5.75 Å². The molecule has 0 heterocycles. The summed E-state index contributed by atoms with van der Waals surface area (Å²) in [7, 11) is 1.44. The first-order chi connectivity index (χ1) is 11.0. The number of ether oxygens (including phenoxy) is 2. The van der Waals surface area contributed by atoms with Crippen molar-refractivity contribution in [3.05, 3.63) is 58.9 Å². The highest BCUT2D eigenvalue weighted by molar-refractivity contribution is 6.31. The van der Waals surface area contributed by atoms with Crippen molar-refractivity contribution >= 4 is 29.2 Å². The number of rotatable bonds is 5. The van der Waals surface area contributed by atoms with Crippen LogP contribution in [0.5, 0.6) is 5.75 Å². The number of carbonyl (C=O) groups excluding carboxylic acids is 2. The van der Waals surface area contributed by atoms with Crippen molar-refractivity contribution in [2.24, 2.45) is 0 Å². The summed E-state index contributed by atoms with van der Waals surface area (Å²) in [5.74, 6) is -1.83. The molecule has 0 unspecified atom stereocenters. The third kappa shape index (κ3) is 4.43. The van der Waals surface area contributed by atoms with E-state index in [0.29, 0.717) is 16.5 Å². The Morgan fingerprint density at radius 2 is 1.96 bits per heavy atom. The van der Waals surface area contributed by atoms with E-state index in [1.54, 1.807) is 12.1 Å². The minimum Gasteiger partial charge on any atom is -0.495 e. The van der Waals surface area contributed by atoms with Gasteiger partial charge in [-0.2, -0.15) is 0 Å². The van der Waals surface area contributed by atoms with Gasteiger partial charge in [-0.3, -0.25) is 4.79 Å². The summed E-state index contributed by atoms with van der Waals surface area (Å²) in [5, 5.41) is 2.91. The van der Waals surface area contributed by atoms with E-state index in [1.165, 1.54) is 31.4 Å². The van der Waals surface area contributed by atoms with Crippen LogP contribution in [0.4, 0.5) is 10.1 Å². The highest BCUT2D eigenvalue weighted by atomic mass is 35.5. The number of methoxy groups -OCH3 is 1. The summed E-state index contributed by atoms with van der Waals surface area (Å²) in [4.78, 5) is 23.5. The van der Waals surface area contributed by atoms with Gasteiger partial charge in [0, 0.05) is 5.02 Å². The predicted octanol–water partition coefficient (Wildman–Crippen LogP) is 3.28. The molecule has 0 aromatic heterocycles. The number of nitrogens with one attached hydrogen (secondary N) is 1. The largest absolute Gasteiger partial charge is 0.495 e. The quantitative estimate of drug-likeness (QED) is 0.850. The van der Waals surface area contributed by atoms with Crippen LogP contribution >= 0.6 is 11.6 Å². The molecule has 2 aromatic rings. The zero-order valence-corrected chi connectivity index (χ0v) is 12.9. The number of hydrogen-bond donors (Lipinski definition) is 1. The van der Waals surface area contributed by atoms with Gasteiger partial charge in [0.1, 0.15) is 11.6 Å². The summed E-state index contributed by atoms with van der Waals surface area (Å²) in [5.41, 5.74) is 0.104. The minimum absolute atomic E-state index is 0.236. The molecule has 1 amide bonds. The predicted molar refractivity (Wildman–Crippen MR) is 83.3 cm³/mol. The smallest absolute Gasteiger partial charge is 0.341 e. The second kappa shape index (κ2) is 7.60. The van der Waals surface area contributed by atoms with Gasteiger partial charge in [0.25, 0.3) is 5.91 Å². The number of amides is 1. The maximum Gasteiger partial charge on any atom is 0.341 e. The van der Waals surface area contributed by atoms with Gasteiger partial charge >= 0.3 is 5.97 Å². The Morgan fingerprint density at radius 1 is 1.22 bits per heavy atom. The number of anilines is 1. The topological polar surface area (TPSA) is 64.6 Å². The van der Waals surface area contributed by atoms with Gasteiger partial charge in [0.05, 0.1) is 18.4 Å².